The fourth-order valence-corrected chi connectivity index (χ4v) is 2.32. The first-order valence-corrected chi connectivity index (χ1v) is 6.79. The van der Waals surface area contributed by atoms with Crippen molar-refractivity contribution in [1.82, 2.24) is 5.32 Å². The van der Waals surface area contributed by atoms with Gasteiger partial charge in [-0.25, -0.2) is 0 Å². The van der Waals surface area contributed by atoms with Crippen LogP contribution < -0.4 is 10.6 Å². The lowest BCUT2D eigenvalue weighted by molar-refractivity contribution is -0.115. The van der Waals surface area contributed by atoms with Gasteiger partial charge >= 0.3 is 0 Å². The van der Waals surface area contributed by atoms with Gasteiger partial charge in [0, 0.05) is 11.7 Å². The van der Waals surface area contributed by atoms with Crippen LogP contribution >= 0.6 is 0 Å². The van der Waals surface area contributed by atoms with Crippen molar-refractivity contribution in [3.05, 3.63) is 29.8 Å². The average Bonchev–Trinajstić information content (AvgIpc) is 3.09. The number of carbonyl (C=O) groups is 1. The molecule has 1 amide bonds. The topological polar surface area (TPSA) is 41.1 Å². The quantitative estimate of drug-likeness (QED) is 0.810. The molecule has 3 nitrogen and oxygen atoms in total. The molecule has 2 atom stereocenters. The smallest absolute Gasteiger partial charge is 0.238 e. The van der Waals surface area contributed by atoms with Crippen LogP contribution in [0.2, 0.25) is 0 Å². The molecule has 1 aromatic carbocycles. The van der Waals surface area contributed by atoms with Crippen molar-refractivity contribution in [3.8, 4) is 0 Å². The van der Waals surface area contributed by atoms with Crippen molar-refractivity contribution in [1.29, 1.82) is 0 Å². The molecular formula is C15H22N2O. The fraction of sp³-hybridized carbons (Fsp3) is 0.533. The summed E-state index contributed by atoms with van der Waals surface area (Å²) in [5.41, 5.74) is 2.01. The zero-order valence-corrected chi connectivity index (χ0v) is 11.2. The Kier molecular flexibility index (Phi) is 4.37. The number of benzene rings is 1. The molecule has 0 spiro atoms. The minimum absolute atomic E-state index is 0.0476. The number of rotatable bonds is 6. The van der Waals surface area contributed by atoms with Gasteiger partial charge in [-0.15, -0.1) is 0 Å². The predicted molar refractivity (Wildman–Crippen MR) is 74.6 cm³/mol. The maximum Gasteiger partial charge on any atom is 0.238 e. The summed E-state index contributed by atoms with van der Waals surface area (Å²) < 4.78 is 0. The Labute approximate surface area is 109 Å². The lowest BCUT2D eigenvalue weighted by atomic mass is 10.2. The lowest BCUT2D eigenvalue weighted by Gasteiger charge is -2.08. The highest BCUT2D eigenvalue weighted by Gasteiger charge is 2.35. The summed E-state index contributed by atoms with van der Waals surface area (Å²) in [6.07, 6.45) is 3.74. The summed E-state index contributed by atoms with van der Waals surface area (Å²) >= 11 is 0. The predicted octanol–water partition coefficient (Wildman–Crippen LogP) is 2.71. The van der Waals surface area contributed by atoms with Gasteiger partial charge in [-0.3, -0.25) is 4.79 Å². The van der Waals surface area contributed by atoms with Crippen molar-refractivity contribution in [3.63, 3.8) is 0 Å². The summed E-state index contributed by atoms with van der Waals surface area (Å²) in [4.78, 5) is 11.8. The Hall–Kier alpha value is -1.35. The maximum absolute atomic E-state index is 11.8. The molecule has 1 saturated carbocycles. The molecule has 0 aromatic heterocycles. The van der Waals surface area contributed by atoms with Gasteiger partial charge in [-0.2, -0.15) is 0 Å². The van der Waals surface area contributed by atoms with Crippen LogP contribution in [0.4, 0.5) is 5.69 Å². The summed E-state index contributed by atoms with van der Waals surface area (Å²) in [5, 5.41) is 6.26. The molecule has 0 aliphatic heterocycles. The first kappa shape index (κ1) is 13.1. The van der Waals surface area contributed by atoms with E-state index in [-0.39, 0.29) is 5.91 Å². The first-order valence-electron chi connectivity index (χ1n) is 6.79. The van der Waals surface area contributed by atoms with Gasteiger partial charge in [0.25, 0.3) is 0 Å². The van der Waals surface area contributed by atoms with Crippen LogP contribution in [0.25, 0.3) is 0 Å². The second-order valence-corrected chi connectivity index (χ2v) is 5.13. The highest BCUT2D eigenvalue weighted by atomic mass is 16.1. The van der Waals surface area contributed by atoms with E-state index in [2.05, 4.69) is 17.6 Å². The summed E-state index contributed by atoms with van der Waals surface area (Å²) in [6, 6.07) is 8.41. The molecule has 3 heteroatoms. The number of amides is 1. The first-order chi connectivity index (χ1) is 8.70. The molecule has 98 valence electrons. The SMILES string of the molecule is CCCC1CC1NCC(=O)Nc1ccccc1C. The van der Waals surface area contributed by atoms with E-state index in [0.29, 0.717) is 12.6 Å². The summed E-state index contributed by atoms with van der Waals surface area (Å²) in [6.45, 7) is 4.63. The van der Waals surface area contributed by atoms with Gasteiger partial charge in [0.05, 0.1) is 6.54 Å². The molecule has 0 radical (unpaired) electrons. The van der Waals surface area contributed by atoms with E-state index in [1.165, 1.54) is 19.3 Å². The van der Waals surface area contributed by atoms with Crippen LogP contribution in [0.15, 0.2) is 24.3 Å². The number of hydrogen-bond donors (Lipinski definition) is 2. The minimum atomic E-state index is 0.0476. The molecule has 1 aliphatic rings. The van der Waals surface area contributed by atoms with Crippen molar-refractivity contribution in [2.24, 2.45) is 5.92 Å². The third kappa shape index (κ3) is 3.57. The van der Waals surface area contributed by atoms with E-state index in [9.17, 15) is 4.79 Å². The lowest BCUT2D eigenvalue weighted by Crippen LogP contribution is -2.30. The van der Waals surface area contributed by atoms with E-state index >= 15 is 0 Å². The largest absolute Gasteiger partial charge is 0.325 e. The van der Waals surface area contributed by atoms with Crippen molar-refractivity contribution >= 4 is 11.6 Å². The fourth-order valence-electron chi connectivity index (χ4n) is 2.32. The Bertz CT molecular complexity index is 417. The van der Waals surface area contributed by atoms with Crippen molar-refractivity contribution in [2.75, 3.05) is 11.9 Å². The molecule has 2 unspecified atom stereocenters. The Morgan fingerprint density at radius 2 is 2.17 bits per heavy atom. The van der Waals surface area contributed by atoms with Gasteiger partial charge in [-0.1, -0.05) is 31.5 Å². The van der Waals surface area contributed by atoms with Gasteiger partial charge < -0.3 is 10.6 Å². The van der Waals surface area contributed by atoms with Crippen LogP contribution in [0, 0.1) is 12.8 Å². The van der Waals surface area contributed by atoms with Gasteiger partial charge in [0.15, 0.2) is 0 Å². The van der Waals surface area contributed by atoms with Crippen LogP contribution in [0.5, 0.6) is 0 Å². The number of nitrogens with one attached hydrogen (secondary N) is 2. The molecular weight excluding hydrogens is 224 g/mol. The van der Waals surface area contributed by atoms with Crippen molar-refractivity contribution < 1.29 is 4.79 Å². The second-order valence-electron chi connectivity index (χ2n) is 5.13. The van der Waals surface area contributed by atoms with E-state index in [0.717, 1.165) is 17.2 Å². The van der Waals surface area contributed by atoms with E-state index in [1.807, 2.05) is 31.2 Å². The number of carbonyl (C=O) groups excluding carboxylic acids is 1. The van der Waals surface area contributed by atoms with E-state index < -0.39 is 0 Å². The molecule has 18 heavy (non-hydrogen) atoms. The summed E-state index contributed by atoms with van der Waals surface area (Å²) in [5.74, 6) is 0.840. The minimum Gasteiger partial charge on any atom is -0.325 e. The monoisotopic (exact) mass is 246 g/mol. The van der Waals surface area contributed by atoms with Gasteiger partial charge in [0.1, 0.15) is 0 Å². The molecule has 1 aromatic rings. The molecule has 0 heterocycles. The van der Waals surface area contributed by atoms with E-state index in [4.69, 9.17) is 0 Å². The third-order valence-electron chi connectivity index (χ3n) is 3.53. The molecule has 2 rings (SSSR count). The number of anilines is 1. The molecule has 1 aliphatic carbocycles. The Balaban J connectivity index is 1.72. The van der Waals surface area contributed by atoms with Crippen molar-refractivity contribution in [2.45, 2.75) is 39.2 Å². The van der Waals surface area contributed by atoms with E-state index in [1.54, 1.807) is 0 Å². The maximum atomic E-state index is 11.8. The van der Waals surface area contributed by atoms with Gasteiger partial charge in [0.2, 0.25) is 5.91 Å². The second kappa shape index (κ2) is 6.01. The Morgan fingerprint density at radius 3 is 2.89 bits per heavy atom. The highest BCUT2D eigenvalue weighted by Crippen LogP contribution is 2.34. The normalized spacial score (nSPS) is 21.7. The van der Waals surface area contributed by atoms with Crippen LogP contribution in [-0.2, 0) is 4.79 Å². The average molecular weight is 246 g/mol. The zero-order chi connectivity index (χ0) is 13.0. The van der Waals surface area contributed by atoms with Crippen LogP contribution in [0.1, 0.15) is 31.7 Å². The molecule has 1 fully saturated rings. The standard InChI is InChI=1S/C15H22N2O/c1-3-6-12-9-14(12)16-10-15(18)17-13-8-5-4-7-11(13)2/h4-5,7-8,12,14,16H,3,6,9-10H2,1-2H3,(H,17,18). The van der Waals surface area contributed by atoms with Crippen LogP contribution in [-0.4, -0.2) is 18.5 Å². The highest BCUT2D eigenvalue weighted by molar-refractivity contribution is 5.92. The number of aryl methyl sites for hydroxylation is 1. The van der Waals surface area contributed by atoms with Crippen LogP contribution in [0.3, 0.4) is 0 Å². The molecule has 0 saturated heterocycles. The zero-order valence-electron chi connectivity index (χ0n) is 11.2. The Morgan fingerprint density at radius 1 is 1.39 bits per heavy atom. The molecule has 2 N–H and O–H groups in total. The number of para-hydroxylation sites is 1. The summed E-state index contributed by atoms with van der Waals surface area (Å²) in [7, 11) is 0. The number of hydrogen-bond acceptors (Lipinski definition) is 2. The third-order valence-corrected chi connectivity index (χ3v) is 3.53. The van der Waals surface area contributed by atoms with Gasteiger partial charge in [-0.05, 0) is 37.3 Å². The molecule has 0 bridgehead atoms.